The van der Waals surface area contributed by atoms with Crippen molar-refractivity contribution < 1.29 is 14.4 Å². The Morgan fingerprint density at radius 3 is 2.68 bits per heavy atom. The fraction of sp³-hybridized carbons (Fsp3) is 0.0417. The lowest BCUT2D eigenvalue weighted by Gasteiger charge is -2.08. The zero-order valence-corrected chi connectivity index (χ0v) is 16.4. The van der Waals surface area contributed by atoms with Crippen LogP contribution >= 0.6 is 0 Å². The average molecular weight is 410 g/mol. The average Bonchev–Trinajstić information content (AvgIpc) is 3.19. The number of ether oxygens (including phenoxy) is 1. The Balaban J connectivity index is 1.35. The summed E-state index contributed by atoms with van der Waals surface area (Å²) in [5.74, 6) is 1.40. The van der Waals surface area contributed by atoms with Gasteiger partial charge in [0.15, 0.2) is 5.84 Å². The fourth-order valence-corrected chi connectivity index (χ4v) is 3.32. The van der Waals surface area contributed by atoms with E-state index in [1.54, 1.807) is 30.7 Å². The topological polar surface area (TPSA) is 92.8 Å². The van der Waals surface area contributed by atoms with Crippen LogP contribution in [-0.4, -0.2) is 21.0 Å². The maximum absolute atomic E-state index is 9.46. The second-order valence-corrected chi connectivity index (χ2v) is 6.88. The van der Waals surface area contributed by atoms with Crippen LogP contribution in [0.5, 0.6) is 11.6 Å². The van der Waals surface area contributed by atoms with Gasteiger partial charge in [0.2, 0.25) is 5.88 Å². The van der Waals surface area contributed by atoms with Crippen LogP contribution < -0.4 is 10.2 Å². The number of para-hydroxylation sites is 1. The predicted molar refractivity (Wildman–Crippen MR) is 117 cm³/mol. The molecule has 0 saturated carbocycles. The summed E-state index contributed by atoms with van der Waals surface area (Å²) in [5.41, 5.74) is 5.35. The monoisotopic (exact) mass is 410 g/mol. The number of furan rings is 1. The van der Waals surface area contributed by atoms with Crippen molar-refractivity contribution in [1.82, 2.24) is 15.4 Å². The van der Waals surface area contributed by atoms with Gasteiger partial charge in [-0.25, -0.2) is 4.98 Å². The Labute approximate surface area is 177 Å². The fourth-order valence-electron chi connectivity index (χ4n) is 3.32. The molecule has 0 aliphatic carbocycles. The molecule has 0 fully saturated rings. The quantitative estimate of drug-likeness (QED) is 0.238. The third kappa shape index (κ3) is 3.94. The highest BCUT2D eigenvalue weighted by Crippen LogP contribution is 2.32. The van der Waals surface area contributed by atoms with E-state index in [4.69, 9.17) is 9.15 Å². The number of benzene rings is 2. The summed E-state index contributed by atoms with van der Waals surface area (Å²) in [6, 6.07) is 20.8. The molecule has 0 bridgehead atoms. The minimum atomic E-state index is 0.314. The molecule has 0 aliphatic heterocycles. The first kappa shape index (κ1) is 18.8. The first-order valence-electron chi connectivity index (χ1n) is 9.69. The first-order valence-corrected chi connectivity index (χ1v) is 9.69. The molecule has 0 radical (unpaired) electrons. The second-order valence-electron chi connectivity index (χ2n) is 6.88. The summed E-state index contributed by atoms with van der Waals surface area (Å²) in [7, 11) is 0. The molecule has 7 heteroatoms. The van der Waals surface area contributed by atoms with Gasteiger partial charge in [-0.15, -0.1) is 0 Å². The molecule has 0 aliphatic rings. The van der Waals surface area contributed by atoms with Crippen LogP contribution in [0.15, 0.2) is 94.7 Å². The number of pyridine rings is 2. The molecule has 0 atom stereocenters. The highest BCUT2D eigenvalue weighted by molar-refractivity contribution is 6.05. The van der Waals surface area contributed by atoms with Crippen LogP contribution in [0.2, 0.25) is 0 Å². The van der Waals surface area contributed by atoms with Gasteiger partial charge in [0.1, 0.15) is 16.9 Å². The maximum atomic E-state index is 9.46. The van der Waals surface area contributed by atoms with E-state index in [0.29, 0.717) is 29.6 Å². The van der Waals surface area contributed by atoms with Crippen LogP contribution in [0.3, 0.4) is 0 Å². The van der Waals surface area contributed by atoms with Crippen LogP contribution in [0.25, 0.3) is 21.9 Å². The Morgan fingerprint density at radius 2 is 1.87 bits per heavy atom. The van der Waals surface area contributed by atoms with Crippen molar-refractivity contribution in [3.63, 3.8) is 0 Å². The summed E-state index contributed by atoms with van der Waals surface area (Å²) in [4.78, 5) is 12.8. The minimum Gasteiger partial charge on any atom is -0.456 e. The second kappa shape index (κ2) is 8.25. The van der Waals surface area contributed by atoms with E-state index < -0.39 is 0 Å². The van der Waals surface area contributed by atoms with Crippen molar-refractivity contribution in [1.29, 1.82) is 0 Å². The van der Waals surface area contributed by atoms with Gasteiger partial charge >= 0.3 is 0 Å². The Hall–Kier alpha value is -4.23. The Morgan fingerprint density at radius 1 is 0.968 bits per heavy atom. The molecule has 2 aromatic carbocycles. The number of aromatic nitrogens is 2. The van der Waals surface area contributed by atoms with Crippen molar-refractivity contribution in [3.8, 4) is 11.6 Å². The molecule has 31 heavy (non-hydrogen) atoms. The van der Waals surface area contributed by atoms with Gasteiger partial charge in [0, 0.05) is 41.0 Å². The van der Waals surface area contributed by atoms with E-state index >= 15 is 0 Å². The maximum Gasteiger partial charge on any atom is 0.219 e. The number of nitrogens with zero attached hydrogens (tertiary/aromatic N) is 3. The number of hydroxylamine groups is 1. The van der Waals surface area contributed by atoms with Crippen molar-refractivity contribution >= 4 is 27.8 Å². The van der Waals surface area contributed by atoms with Gasteiger partial charge in [-0.1, -0.05) is 24.3 Å². The van der Waals surface area contributed by atoms with E-state index in [2.05, 4.69) is 20.4 Å². The molecule has 0 unspecified atom stereocenters. The molecule has 152 valence electrons. The first-order chi connectivity index (χ1) is 15.3. The number of rotatable bonds is 5. The number of fused-ring (bicyclic) bond motifs is 3. The zero-order chi connectivity index (χ0) is 21.0. The van der Waals surface area contributed by atoms with E-state index in [-0.39, 0.29) is 0 Å². The molecule has 0 saturated heterocycles. The molecule has 3 heterocycles. The highest BCUT2D eigenvalue weighted by atomic mass is 16.5. The molecule has 5 aromatic rings. The molecule has 5 rings (SSSR count). The van der Waals surface area contributed by atoms with Crippen LogP contribution in [0.1, 0.15) is 11.1 Å². The molecule has 0 spiro atoms. The molecule has 2 N–H and O–H groups in total. The van der Waals surface area contributed by atoms with Crippen molar-refractivity contribution in [2.45, 2.75) is 6.54 Å². The molecular formula is C24H18N4O3. The van der Waals surface area contributed by atoms with E-state index in [1.165, 1.54) is 0 Å². The van der Waals surface area contributed by atoms with Crippen molar-refractivity contribution in [3.05, 3.63) is 96.4 Å². The molecule has 7 nitrogen and oxygen atoms in total. The van der Waals surface area contributed by atoms with E-state index in [1.807, 2.05) is 54.6 Å². The normalized spacial score (nSPS) is 11.7. The number of aliphatic imine (C=N–C) groups is 1. The third-order valence-electron chi connectivity index (χ3n) is 4.83. The standard InChI is InChI=1S/C24H18N4O3/c29-28-24(27-14-16-4-3-11-25-13-16)17-7-10-23(26-15-17)30-18-8-9-22-20(12-18)19-5-1-2-6-21(19)31-22/h1-13,15,29H,14H2,(H,27,28). The van der Waals surface area contributed by atoms with E-state index in [9.17, 15) is 5.21 Å². The van der Waals surface area contributed by atoms with Gasteiger partial charge in [-0.2, -0.15) is 0 Å². The summed E-state index contributed by atoms with van der Waals surface area (Å²) in [5, 5.41) is 11.5. The number of amidine groups is 1. The molecular weight excluding hydrogens is 392 g/mol. The molecule has 3 aromatic heterocycles. The van der Waals surface area contributed by atoms with Gasteiger partial charge in [0.25, 0.3) is 0 Å². The minimum absolute atomic E-state index is 0.314. The zero-order valence-electron chi connectivity index (χ0n) is 16.4. The number of nitrogens with one attached hydrogen (secondary N) is 1. The van der Waals surface area contributed by atoms with Crippen LogP contribution in [-0.2, 0) is 6.54 Å². The van der Waals surface area contributed by atoms with Crippen LogP contribution in [0, 0.1) is 0 Å². The predicted octanol–water partition coefficient (Wildman–Crippen LogP) is 5.09. The lowest BCUT2D eigenvalue weighted by molar-refractivity contribution is 0.234. The number of hydrogen-bond donors (Lipinski definition) is 2. The lowest BCUT2D eigenvalue weighted by Crippen LogP contribution is -2.20. The van der Waals surface area contributed by atoms with Crippen molar-refractivity contribution in [2.75, 3.05) is 0 Å². The van der Waals surface area contributed by atoms with Crippen LogP contribution in [0.4, 0.5) is 0 Å². The van der Waals surface area contributed by atoms with E-state index in [0.717, 1.165) is 27.5 Å². The summed E-state index contributed by atoms with van der Waals surface area (Å²) < 4.78 is 11.8. The van der Waals surface area contributed by atoms with Gasteiger partial charge < -0.3 is 9.15 Å². The van der Waals surface area contributed by atoms with Gasteiger partial charge in [0.05, 0.1) is 6.54 Å². The SMILES string of the molecule is ONC(=NCc1cccnc1)c1ccc(Oc2ccc3oc4ccccc4c3c2)nc1. The smallest absolute Gasteiger partial charge is 0.219 e. The van der Waals surface area contributed by atoms with Gasteiger partial charge in [-0.3, -0.25) is 20.7 Å². The van der Waals surface area contributed by atoms with Gasteiger partial charge in [-0.05, 0) is 42.0 Å². The summed E-state index contributed by atoms with van der Waals surface area (Å²) >= 11 is 0. The summed E-state index contributed by atoms with van der Waals surface area (Å²) in [6.45, 7) is 0.383. The largest absolute Gasteiger partial charge is 0.456 e. The lowest BCUT2D eigenvalue weighted by atomic mass is 10.1. The Kier molecular flexibility index (Phi) is 5.00. The molecule has 0 amide bonds. The third-order valence-corrected chi connectivity index (χ3v) is 4.83. The summed E-state index contributed by atoms with van der Waals surface area (Å²) in [6.07, 6.45) is 5.02. The Bertz CT molecular complexity index is 1360. The number of hydrogen-bond acceptors (Lipinski definition) is 6. The van der Waals surface area contributed by atoms with Crippen molar-refractivity contribution in [2.24, 2.45) is 4.99 Å². The highest BCUT2D eigenvalue weighted by Gasteiger charge is 2.09.